The number of ether oxygens (including phenoxy) is 2. The second-order valence-electron chi connectivity index (χ2n) is 4.06. The molecule has 0 amide bonds. The Morgan fingerprint density at radius 3 is 2.68 bits per heavy atom. The summed E-state index contributed by atoms with van der Waals surface area (Å²) in [6.45, 7) is 2.46. The smallest absolute Gasteiger partial charge is 0.181 e. The number of hydrogen-bond donors (Lipinski definition) is 1. The van der Waals surface area contributed by atoms with Crippen LogP contribution in [0, 0.1) is 0 Å². The van der Waals surface area contributed by atoms with Crippen LogP contribution in [-0.2, 0) is 16.0 Å². The zero-order valence-electron chi connectivity index (χ0n) is 11.0. The highest BCUT2D eigenvalue weighted by Gasteiger charge is 2.03. The minimum atomic E-state index is 0.591. The van der Waals surface area contributed by atoms with E-state index in [9.17, 15) is 0 Å². The second kappa shape index (κ2) is 6.86. The molecule has 0 aliphatic rings. The van der Waals surface area contributed by atoms with Crippen LogP contribution < -0.4 is 5.73 Å². The minimum Gasteiger partial charge on any atom is -0.399 e. The van der Waals surface area contributed by atoms with Gasteiger partial charge in [-0.15, -0.1) is 0 Å². The van der Waals surface area contributed by atoms with Gasteiger partial charge in [-0.2, -0.15) is 5.10 Å². The molecule has 0 bridgehead atoms. The Kier molecular flexibility index (Phi) is 4.88. The molecule has 0 aliphatic heterocycles. The number of rotatable bonds is 7. The summed E-state index contributed by atoms with van der Waals surface area (Å²) in [6, 6.07) is 7.49. The largest absolute Gasteiger partial charge is 0.399 e. The Hall–Kier alpha value is -1.92. The molecule has 2 rings (SSSR count). The summed E-state index contributed by atoms with van der Waals surface area (Å²) in [5.74, 6) is 0.692. The predicted molar refractivity (Wildman–Crippen MR) is 72.6 cm³/mol. The van der Waals surface area contributed by atoms with Crippen molar-refractivity contribution in [1.82, 2.24) is 14.8 Å². The fourth-order valence-electron chi connectivity index (χ4n) is 1.57. The number of nitrogens with two attached hydrogens (primary N) is 1. The molecule has 1 heterocycles. The van der Waals surface area contributed by atoms with Crippen molar-refractivity contribution in [3.63, 3.8) is 0 Å². The molecule has 0 radical (unpaired) electrons. The van der Waals surface area contributed by atoms with E-state index in [0.29, 0.717) is 32.2 Å². The molecule has 0 aliphatic carbocycles. The topological polar surface area (TPSA) is 75.2 Å². The molecular weight excluding hydrogens is 244 g/mol. The summed E-state index contributed by atoms with van der Waals surface area (Å²) < 4.78 is 12.0. The molecule has 0 saturated carbocycles. The van der Waals surface area contributed by atoms with Gasteiger partial charge >= 0.3 is 0 Å². The van der Waals surface area contributed by atoms with Crippen LogP contribution in [0.4, 0.5) is 5.69 Å². The molecule has 1 aromatic carbocycles. The van der Waals surface area contributed by atoms with Gasteiger partial charge < -0.3 is 15.2 Å². The highest BCUT2D eigenvalue weighted by Crippen LogP contribution is 2.15. The molecule has 2 aromatic rings. The molecule has 6 nitrogen and oxygen atoms in total. The van der Waals surface area contributed by atoms with Gasteiger partial charge in [0, 0.05) is 18.4 Å². The van der Waals surface area contributed by atoms with E-state index in [4.69, 9.17) is 15.2 Å². The summed E-state index contributed by atoms with van der Waals surface area (Å²) in [6.07, 6.45) is 1.70. The van der Waals surface area contributed by atoms with Gasteiger partial charge in [-0.05, 0) is 24.3 Å². The maximum Gasteiger partial charge on any atom is 0.181 e. The molecule has 0 fully saturated rings. The van der Waals surface area contributed by atoms with Crippen molar-refractivity contribution < 1.29 is 9.47 Å². The normalized spacial score (nSPS) is 10.8. The Morgan fingerprint density at radius 1 is 1.16 bits per heavy atom. The highest BCUT2D eigenvalue weighted by atomic mass is 16.5. The maximum atomic E-state index is 5.64. The van der Waals surface area contributed by atoms with E-state index in [-0.39, 0.29) is 0 Å². The van der Waals surface area contributed by atoms with Gasteiger partial charge in [0.2, 0.25) is 0 Å². The minimum absolute atomic E-state index is 0.591. The van der Waals surface area contributed by atoms with E-state index in [1.807, 2.05) is 24.3 Å². The van der Waals surface area contributed by atoms with Crippen LogP contribution in [0.2, 0.25) is 0 Å². The summed E-state index contributed by atoms with van der Waals surface area (Å²) >= 11 is 0. The Bertz CT molecular complexity index is 496. The van der Waals surface area contributed by atoms with Crippen LogP contribution >= 0.6 is 0 Å². The van der Waals surface area contributed by atoms with Gasteiger partial charge in [-0.1, -0.05) is 0 Å². The molecule has 0 atom stereocenters. The monoisotopic (exact) mass is 262 g/mol. The van der Waals surface area contributed by atoms with Crippen molar-refractivity contribution in [2.75, 3.05) is 32.7 Å². The molecule has 102 valence electrons. The van der Waals surface area contributed by atoms with Crippen molar-refractivity contribution in [2.45, 2.75) is 6.54 Å². The van der Waals surface area contributed by atoms with Crippen LogP contribution in [0.1, 0.15) is 0 Å². The van der Waals surface area contributed by atoms with E-state index in [1.54, 1.807) is 18.1 Å². The van der Waals surface area contributed by atoms with E-state index < -0.39 is 0 Å². The summed E-state index contributed by atoms with van der Waals surface area (Å²) in [7, 11) is 1.65. The Balaban J connectivity index is 1.86. The first-order chi connectivity index (χ1) is 9.29. The fraction of sp³-hybridized carbons (Fsp3) is 0.385. The number of methoxy groups -OCH3 is 1. The zero-order chi connectivity index (χ0) is 13.5. The zero-order valence-corrected chi connectivity index (χ0v) is 11.0. The van der Waals surface area contributed by atoms with Gasteiger partial charge in [0.15, 0.2) is 5.82 Å². The third-order valence-corrected chi connectivity index (χ3v) is 2.60. The van der Waals surface area contributed by atoms with Crippen LogP contribution in [0.3, 0.4) is 0 Å². The van der Waals surface area contributed by atoms with Crippen LogP contribution in [-0.4, -0.2) is 41.7 Å². The highest BCUT2D eigenvalue weighted by molar-refractivity contribution is 5.57. The number of anilines is 1. The number of hydrogen-bond acceptors (Lipinski definition) is 5. The summed E-state index contributed by atoms with van der Waals surface area (Å²) in [5, 5.41) is 4.38. The average Bonchev–Trinajstić information content (AvgIpc) is 2.88. The summed E-state index contributed by atoms with van der Waals surface area (Å²) in [4.78, 5) is 4.26. The van der Waals surface area contributed by atoms with Gasteiger partial charge in [0.1, 0.15) is 6.33 Å². The van der Waals surface area contributed by atoms with Crippen molar-refractivity contribution in [3.05, 3.63) is 30.6 Å². The van der Waals surface area contributed by atoms with Gasteiger partial charge in [-0.25, -0.2) is 4.98 Å². The molecule has 0 spiro atoms. The van der Waals surface area contributed by atoms with E-state index in [1.165, 1.54) is 0 Å². The molecule has 1 aromatic heterocycles. The van der Waals surface area contributed by atoms with Crippen molar-refractivity contribution >= 4 is 5.69 Å². The first kappa shape index (κ1) is 13.5. The van der Waals surface area contributed by atoms with E-state index in [0.717, 1.165) is 11.3 Å². The fourth-order valence-corrected chi connectivity index (χ4v) is 1.57. The molecule has 6 heteroatoms. The first-order valence-electron chi connectivity index (χ1n) is 6.11. The number of nitrogens with zero attached hydrogens (tertiary/aromatic N) is 3. The molecule has 19 heavy (non-hydrogen) atoms. The molecule has 0 saturated heterocycles. The summed E-state index contributed by atoms with van der Waals surface area (Å²) in [5.41, 5.74) is 7.33. The number of benzene rings is 1. The third-order valence-electron chi connectivity index (χ3n) is 2.60. The third kappa shape index (κ3) is 4.04. The number of nitrogen functional groups attached to an aromatic ring is 1. The van der Waals surface area contributed by atoms with Gasteiger partial charge in [0.25, 0.3) is 0 Å². The van der Waals surface area contributed by atoms with Crippen LogP contribution in [0.25, 0.3) is 11.4 Å². The SMILES string of the molecule is COCCOCCn1cnc(-c2ccc(N)cc2)n1. The van der Waals surface area contributed by atoms with E-state index >= 15 is 0 Å². The lowest BCUT2D eigenvalue weighted by molar-refractivity contribution is 0.0654. The lowest BCUT2D eigenvalue weighted by atomic mass is 10.2. The Morgan fingerprint density at radius 2 is 1.95 bits per heavy atom. The van der Waals surface area contributed by atoms with Gasteiger partial charge in [0.05, 0.1) is 26.4 Å². The Labute approximate surface area is 112 Å². The molecule has 2 N–H and O–H groups in total. The van der Waals surface area contributed by atoms with Crippen molar-refractivity contribution in [2.24, 2.45) is 0 Å². The number of aromatic nitrogens is 3. The lowest BCUT2D eigenvalue weighted by Crippen LogP contribution is -2.09. The van der Waals surface area contributed by atoms with Gasteiger partial charge in [-0.3, -0.25) is 4.68 Å². The second-order valence-corrected chi connectivity index (χ2v) is 4.06. The first-order valence-corrected chi connectivity index (χ1v) is 6.11. The van der Waals surface area contributed by atoms with Crippen LogP contribution in [0.5, 0.6) is 0 Å². The van der Waals surface area contributed by atoms with E-state index in [2.05, 4.69) is 10.1 Å². The molecular formula is C13H18N4O2. The predicted octanol–water partition coefficient (Wildman–Crippen LogP) is 1.19. The maximum absolute atomic E-state index is 5.64. The quantitative estimate of drug-likeness (QED) is 0.599. The average molecular weight is 262 g/mol. The molecule has 0 unspecified atom stereocenters. The lowest BCUT2D eigenvalue weighted by Gasteiger charge is -2.02. The van der Waals surface area contributed by atoms with Crippen molar-refractivity contribution in [1.29, 1.82) is 0 Å². The van der Waals surface area contributed by atoms with Crippen molar-refractivity contribution in [3.8, 4) is 11.4 Å². The van der Waals surface area contributed by atoms with Crippen LogP contribution in [0.15, 0.2) is 30.6 Å². The standard InChI is InChI=1S/C13H18N4O2/c1-18-8-9-19-7-6-17-10-15-13(16-17)11-2-4-12(14)5-3-11/h2-5,10H,6-9,14H2,1H3.